The minimum absolute atomic E-state index is 0.147. The number of alkyl halides is 5. The van der Waals surface area contributed by atoms with Crippen LogP contribution < -0.4 is 5.56 Å². The molecule has 7 nitrogen and oxygen atoms in total. The van der Waals surface area contributed by atoms with Gasteiger partial charge in [0.25, 0.3) is 11.5 Å². The first-order valence-corrected chi connectivity index (χ1v) is 11.3. The Morgan fingerprint density at radius 1 is 1.06 bits per heavy atom. The number of halogens is 6. The van der Waals surface area contributed by atoms with E-state index in [0.29, 0.717) is 12.6 Å². The minimum atomic E-state index is -5.99. The monoisotopic (exact) mass is 516 g/mol. The molecule has 2 aliphatic rings. The van der Waals surface area contributed by atoms with Crippen LogP contribution in [0.4, 0.5) is 26.3 Å². The van der Waals surface area contributed by atoms with E-state index < -0.39 is 34.9 Å². The predicted molar refractivity (Wildman–Crippen MR) is 114 cm³/mol. The molecule has 1 aromatic carbocycles. The van der Waals surface area contributed by atoms with Gasteiger partial charge in [-0.3, -0.25) is 14.4 Å². The molecular formula is C23H22F6N4O3. The van der Waals surface area contributed by atoms with Crippen molar-refractivity contribution in [3.63, 3.8) is 0 Å². The van der Waals surface area contributed by atoms with Gasteiger partial charge in [0.2, 0.25) is 5.91 Å². The number of carbonyl (C=O) groups excluding carboxylic acids is 2. The second-order valence-electron chi connectivity index (χ2n) is 8.92. The first kappa shape index (κ1) is 25.7. The number of benzene rings is 1. The summed E-state index contributed by atoms with van der Waals surface area (Å²) in [5.74, 6) is -7.26. The summed E-state index contributed by atoms with van der Waals surface area (Å²) >= 11 is 0. The van der Waals surface area contributed by atoms with Gasteiger partial charge in [-0.2, -0.15) is 27.1 Å². The number of piperazine rings is 1. The van der Waals surface area contributed by atoms with Crippen molar-refractivity contribution in [2.45, 2.75) is 50.2 Å². The molecule has 0 atom stereocenters. The largest absolute Gasteiger partial charge is 0.458 e. The third kappa shape index (κ3) is 4.96. The fourth-order valence-electron chi connectivity index (χ4n) is 4.61. The topological polar surface area (TPSA) is 86.4 Å². The Bertz CT molecular complexity index is 1220. The summed E-state index contributed by atoms with van der Waals surface area (Å²) in [5, 5.41) is 5.12. The molecule has 0 spiro atoms. The van der Waals surface area contributed by atoms with E-state index >= 15 is 0 Å². The van der Waals surface area contributed by atoms with Gasteiger partial charge in [-0.1, -0.05) is 18.9 Å². The Morgan fingerprint density at radius 3 is 2.39 bits per heavy atom. The number of carbonyl (C=O) groups is 2. The fourth-order valence-corrected chi connectivity index (χ4v) is 4.61. The smallest absolute Gasteiger partial charge is 0.336 e. The molecule has 0 radical (unpaired) electrons. The lowest BCUT2D eigenvalue weighted by Gasteiger charge is -2.37. The third-order valence-electron chi connectivity index (χ3n) is 6.51. The van der Waals surface area contributed by atoms with Crippen molar-refractivity contribution in [1.82, 2.24) is 20.0 Å². The summed E-state index contributed by atoms with van der Waals surface area (Å²) in [7, 11) is 0. The van der Waals surface area contributed by atoms with Crippen LogP contribution in [0.2, 0.25) is 0 Å². The molecule has 2 heterocycles. The van der Waals surface area contributed by atoms with Crippen molar-refractivity contribution in [1.29, 1.82) is 0 Å². The van der Waals surface area contributed by atoms with Crippen LogP contribution in [0, 0.1) is 5.82 Å². The van der Waals surface area contributed by atoms with Crippen molar-refractivity contribution in [3.05, 3.63) is 62.8 Å². The molecule has 0 bridgehead atoms. The standard InChI is InChI=1S/C23H22F6N4O3/c24-18-6-5-13(9-14-11-17(20(35)31-30-14)22(25,26)23(27,28)29)10-16(18)21(36)32-7-8-33(19(34)12-32)15-3-1-2-4-15/h5-6,10-11,15H,1-4,7-9,12H2,(H,31,35). The number of rotatable bonds is 5. The van der Waals surface area contributed by atoms with Gasteiger partial charge in [-0.15, -0.1) is 0 Å². The van der Waals surface area contributed by atoms with Gasteiger partial charge >= 0.3 is 12.1 Å². The van der Waals surface area contributed by atoms with Crippen molar-refractivity contribution >= 4 is 11.8 Å². The fraction of sp³-hybridized carbons (Fsp3) is 0.478. The minimum Gasteiger partial charge on any atom is -0.336 e. The summed E-state index contributed by atoms with van der Waals surface area (Å²) in [6, 6.07) is 3.77. The normalized spacial score (nSPS) is 17.7. The van der Waals surface area contributed by atoms with Gasteiger partial charge in [-0.25, -0.2) is 9.49 Å². The highest BCUT2D eigenvalue weighted by molar-refractivity contribution is 5.97. The van der Waals surface area contributed by atoms with E-state index in [-0.39, 0.29) is 48.3 Å². The number of aromatic nitrogens is 2. The van der Waals surface area contributed by atoms with Crippen LogP contribution in [0.25, 0.3) is 0 Å². The predicted octanol–water partition coefficient (Wildman–Crippen LogP) is 3.38. The second-order valence-corrected chi connectivity index (χ2v) is 8.92. The summed E-state index contributed by atoms with van der Waals surface area (Å²) in [4.78, 5) is 40.1. The highest BCUT2D eigenvalue weighted by Gasteiger charge is 2.60. The maximum Gasteiger partial charge on any atom is 0.458 e. The van der Waals surface area contributed by atoms with Crippen LogP contribution >= 0.6 is 0 Å². The van der Waals surface area contributed by atoms with Gasteiger partial charge in [0.1, 0.15) is 12.4 Å². The van der Waals surface area contributed by atoms with Crippen molar-refractivity contribution < 1.29 is 35.9 Å². The van der Waals surface area contributed by atoms with Crippen LogP contribution in [-0.4, -0.2) is 63.7 Å². The van der Waals surface area contributed by atoms with E-state index in [9.17, 15) is 40.7 Å². The molecular weight excluding hydrogens is 494 g/mol. The van der Waals surface area contributed by atoms with Crippen LogP contribution in [0.3, 0.4) is 0 Å². The lowest BCUT2D eigenvalue weighted by atomic mass is 10.0. The molecule has 36 heavy (non-hydrogen) atoms. The number of hydrogen-bond acceptors (Lipinski definition) is 4. The molecule has 2 aromatic rings. The van der Waals surface area contributed by atoms with Crippen molar-refractivity contribution in [2.24, 2.45) is 0 Å². The van der Waals surface area contributed by atoms with E-state index in [1.807, 2.05) is 0 Å². The zero-order valence-electron chi connectivity index (χ0n) is 18.9. The molecule has 1 saturated carbocycles. The molecule has 0 unspecified atom stereocenters. The molecule has 1 N–H and O–H groups in total. The number of nitrogens with zero attached hydrogens (tertiary/aromatic N) is 3. The van der Waals surface area contributed by atoms with Gasteiger partial charge < -0.3 is 9.80 Å². The van der Waals surface area contributed by atoms with Crippen LogP contribution in [0.1, 0.15) is 52.9 Å². The van der Waals surface area contributed by atoms with Gasteiger partial charge in [-0.05, 0) is 36.6 Å². The average Bonchev–Trinajstić information content (AvgIpc) is 3.35. The van der Waals surface area contributed by atoms with Crippen LogP contribution in [-0.2, 0) is 17.1 Å². The lowest BCUT2D eigenvalue weighted by molar-refractivity contribution is -0.289. The zero-order chi connectivity index (χ0) is 26.3. The summed E-state index contributed by atoms with van der Waals surface area (Å²) in [5.41, 5.74) is -4.07. The summed E-state index contributed by atoms with van der Waals surface area (Å²) in [6.07, 6.45) is -2.47. The van der Waals surface area contributed by atoms with Crippen molar-refractivity contribution in [3.8, 4) is 0 Å². The average molecular weight is 516 g/mol. The number of amides is 2. The number of H-pyrrole nitrogens is 1. The van der Waals surface area contributed by atoms with Crippen molar-refractivity contribution in [2.75, 3.05) is 19.6 Å². The number of aromatic amines is 1. The molecule has 1 aliphatic heterocycles. The quantitative estimate of drug-likeness (QED) is 0.618. The van der Waals surface area contributed by atoms with E-state index in [0.717, 1.165) is 37.8 Å². The Morgan fingerprint density at radius 2 is 1.75 bits per heavy atom. The highest BCUT2D eigenvalue weighted by atomic mass is 19.4. The molecule has 1 saturated heterocycles. The molecule has 1 aromatic heterocycles. The number of nitrogens with one attached hydrogen (secondary N) is 1. The SMILES string of the molecule is O=C(c1cc(Cc2cc(C(F)(F)C(F)(F)F)c(=O)[nH]n2)ccc1F)N1CCN(C2CCCC2)C(=O)C1. The molecule has 13 heteroatoms. The zero-order valence-corrected chi connectivity index (χ0v) is 18.9. The first-order chi connectivity index (χ1) is 16.9. The summed E-state index contributed by atoms with van der Waals surface area (Å²) in [6.45, 7) is 0.326. The maximum atomic E-state index is 14.5. The molecule has 1 aliphatic carbocycles. The lowest BCUT2D eigenvalue weighted by Crippen LogP contribution is -2.55. The first-order valence-electron chi connectivity index (χ1n) is 11.3. The number of hydrogen-bond donors (Lipinski definition) is 1. The van der Waals surface area contributed by atoms with E-state index in [1.165, 1.54) is 11.0 Å². The molecule has 2 amide bonds. The Balaban J connectivity index is 1.52. The van der Waals surface area contributed by atoms with Gasteiger partial charge in [0.15, 0.2) is 0 Å². The Hall–Kier alpha value is -3.38. The van der Waals surface area contributed by atoms with E-state index in [4.69, 9.17) is 0 Å². The van der Waals surface area contributed by atoms with Crippen LogP contribution in [0.5, 0.6) is 0 Å². The molecule has 2 fully saturated rings. The third-order valence-corrected chi connectivity index (χ3v) is 6.51. The molecule has 194 valence electrons. The second kappa shape index (κ2) is 9.58. The highest BCUT2D eigenvalue weighted by Crippen LogP contribution is 2.42. The van der Waals surface area contributed by atoms with E-state index in [2.05, 4.69) is 5.10 Å². The van der Waals surface area contributed by atoms with E-state index in [1.54, 1.807) is 10.00 Å². The van der Waals surface area contributed by atoms with Gasteiger partial charge in [0.05, 0.1) is 16.8 Å². The Kier molecular flexibility index (Phi) is 6.84. The maximum absolute atomic E-state index is 14.5. The Labute approximate surface area is 201 Å². The summed E-state index contributed by atoms with van der Waals surface area (Å²) < 4.78 is 80.1. The van der Waals surface area contributed by atoms with Gasteiger partial charge in [0, 0.05) is 25.6 Å². The molecule has 4 rings (SSSR count). The van der Waals surface area contributed by atoms with Crippen LogP contribution in [0.15, 0.2) is 29.1 Å².